The molecule has 0 spiro atoms. The number of halogens is 3. The van der Waals surface area contributed by atoms with Gasteiger partial charge in [0.05, 0.1) is 28.5 Å². The summed E-state index contributed by atoms with van der Waals surface area (Å²) in [6.45, 7) is 1.87. The number of nitrogens with one attached hydrogen (secondary N) is 1. The van der Waals surface area contributed by atoms with Gasteiger partial charge in [-0.1, -0.05) is 35.9 Å². The van der Waals surface area contributed by atoms with E-state index in [0.29, 0.717) is 11.1 Å². The van der Waals surface area contributed by atoms with Crippen molar-refractivity contribution in [3.05, 3.63) is 101 Å². The first-order chi connectivity index (χ1) is 15.7. The van der Waals surface area contributed by atoms with Crippen molar-refractivity contribution in [2.45, 2.75) is 13.1 Å². The Bertz CT molecular complexity index is 1320. The maximum atomic E-state index is 13.3. The van der Waals surface area contributed by atoms with Crippen LogP contribution in [0.3, 0.4) is 0 Å². The summed E-state index contributed by atoms with van der Waals surface area (Å²) >= 11 is 0. The molecule has 0 saturated heterocycles. The molecule has 0 saturated carbocycles. The van der Waals surface area contributed by atoms with Gasteiger partial charge in [0, 0.05) is 5.69 Å². The van der Waals surface area contributed by atoms with E-state index in [0.717, 1.165) is 22.6 Å². The summed E-state index contributed by atoms with van der Waals surface area (Å²) in [5.74, 6) is -1.33. The molecule has 1 N–H and O–H groups in total. The lowest BCUT2D eigenvalue weighted by Crippen LogP contribution is -2.32. The Balaban J connectivity index is 1.80. The fourth-order valence-corrected chi connectivity index (χ4v) is 3.47. The van der Waals surface area contributed by atoms with Crippen molar-refractivity contribution in [3.8, 4) is 6.07 Å². The van der Waals surface area contributed by atoms with Crippen molar-refractivity contribution in [3.63, 3.8) is 0 Å². The molecule has 4 rings (SSSR count). The van der Waals surface area contributed by atoms with Gasteiger partial charge in [0.1, 0.15) is 5.70 Å². The van der Waals surface area contributed by atoms with Crippen molar-refractivity contribution in [2.24, 2.45) is 0 Å². The third kappa shape index (κ3) is 4.21. The van der Waals surface area contributed by atoms with E-state index in [9.17, 15) is 22.8 Å². The van der Waals surface area contributed by atoms with Crippen molar-refractivity contribution in [1.82, 2.24) is 0 Å². The van der Waals surface area contributed by atoms with E-state index in [1.165, 1.54) is 36.4 Å². The zero-order valence-electron chi connectivity index (χ0n) is 17.3. The van der Waals surface area contributed by atoms with Crippen LogP contribution in [0.25, 0.3) is 5.57 Å². The number of imide groups is 1. The molecule has 1 heterocycles. The highest BCUT2D eigenvalue weighted by molar-refractivity contribution is 6.46. The average molecular weight is 447 g/mol. The molecular formula is C25H16F3N3O2. The molecule has 3 aromatic carbocycles. The highest BCUT2D eigenvalue weighted by Crippen LogP contribution is 2.35. The maximum Gasteiger partial charge on any atom is 0.416 e. The lowest BCUT2D eigenvalue weighted by molar-refractivity contribution is -0.137. The van der Waals surface area contributed by atoms with E-state index in [2.05, 4.69) is 5.32 Å². The van der Waals surface area contributed by atoms with Crippen LogP contribution in [0.4, 0.5) is 24.5 Å². The fraction of sp³-hybridized carbons (Fsp3) is 0.0800. The third-order valence-electron chi connectivity index (χ3n) is 5.14. The number of carbonyl (C=O) groups is 2. The van der Waals surface area contributed by atoms with Crippen LogP contribution in [0.5, 0.6) is 0 Å². The van der Waals surface area contributed by atoms with Crippen molar-refractivity contribution >= 4 is 28.8 Å². The van der Waals surface area contributed by atoms with Crippen LogP contribution in [-0.2, 0) is 15.8 Å². The van der Waals surface area contributed by atoms with Crippen molar-refractivity contribution < 1.29 is 22.8 Å². The third-order valence-corrected chi connectivity index (χ3v) is 5.14. The van der Waals surface area contributed by atoms with Gasteiger partial charge in [0.25, 0.3) is 11.8 Å². The molecule has 0 aliphatic carbocycles. The number of hydrogen-bond acceptors (Lipinski definition) is 4. The van der Waals surface area contributed by atoms with E-state index in [1.54, 1.807) is 24.3 Å². The summed E-state index contributed by atoms with van der Waals surface area (Å²) in [7, 11) is 0. The number of alkyl halides is 3. The Kier molecular flexibility index (Phi) is 5.48. The van der Waals surface area contributed by atoms with E-state index in [4.69, 9.17) is 5.26 Å². The molecule has 0 aromatic heterocycles. The Labute approximate surface area is 187 Å². The number of benzene rings is 3. The summed E-state index contributed by atoms with van der Waals surface area (Å²) in [4.78, 5) is 27.6. The van der Waals surface area contributed by atoms with E-state index < -0.39 is 23.6 Å². The van der Waals surface area contributed by atoms with Gasteiger partial charge in [-0.2, -0.15) is 18.4 Å². The number of rotatable bonds is 4. The molecule has 0 bridgehead atoms. The predicted molar refractivity (Wildman–Crippen MR) is 117 cm³/mol. The molecule has 2 amide bonds. The topological polar surface area (TPSA) is 73.2 Å². The molecular weight excluding hydrogens is 431 g/mol. The lowest BCUT2D eigenvalue weighted by Gasteiger charge is -2.15. The fourth-order valence-electron chi connectivity index (χ4n) is 3.47. The van der Waals surface area contributed by atoms with E-state index >= 15 is 0 Å². The van der Waals surface area contributed by atoms with Gasteiger partial charge in [-0.15, -0.1) is 0 Å². The van der Waals surface area contributed by atoms with Crippen molar-refractivity contribution in [2.75, 3.05) is 10.2 Å². The second-order valence-corrected chi connectivity index (χ2v) is 7.42. The molecule has 3 aromatic rings. The number of nitriles is 1. The summed E-state index contributed by atoms with van der Waals surface area (Å²) < 4.78 is 39.5. The Hall–Kier alpha value is -4.38. The van der Waals surface area contributed by atoms with Crippen LogP contribution in [0.15, 0.2) is 78.5 Å². The van der Waals surface area contributed by atoms with Gasteiger partial charge in [-0.25, -0.2) is 4.90 Å². The Morgan fingerprint density at radius 2 is 1.58 bits per heavy atom. The predicted octanol–water partition coefficient (Wildman–Crippen LogP) is 5.28. The van der Waals surface area contributed by atoms with Gasteiger partial charge in [0.15, 0.2) is 0 Å². The number of anilines is 2. The largest absolute Gasteiger partial charge is 0.416 e. The van der Waals surface area contributed by atoms with Gasteiger partial charge < -0.3 is 5.32 Å². The average Bonchev–Trinajstić information content (AvgIpc) is 3.03. The van der Waals surface area contributed by atoms with Gasteiger partial charge in [0.2, 0.25) is 0 Å². The number of hydrogen-bond donors (Lipinski definition) is 1. The Morgan fingerprint density at radius 3 is 2.18 bits per heavy atom. The van der Waals surface area contributed by atoms with E-state index in [-0.39, 0.29) is 22.6 Å². The monoisotopic (exact) mass is 447 g/mol. The molecule has 8 heteroatoms. The molecule has 164 valence electrons. The van der Waals surface area contributed by atoms with Gasteiger partial charge in [-0.3, -0.25) is 9.59 Å². The van der Waals surface area contributed by atoms with Crippen LogP contribution in [0.1, 0.15) is 22.3 Å². The van der Waals surface area contributed by atoms with Gasteiger partial charge >= 0.3 is 6.18 Å². The molecule has 1 aliphatic rings. The van der Waals surface area contributed by atoms with Crippen LogP contribution in [0.2, 0.25) is 0 Å². The number of nitrogens with zero attached hydrogens (tertiary/aromatic N) is 2. The molecule has 0 atom stereocenters. The molecule has 5 nitrogen and oxygen atoms in total. The summed E-state index contributed by atoms with van der Waals surface area (Å²) in [5, 5.41) is 11.7. The first-order valence-electron chi connectivity index (χ1n) is 9.83. The minimum atomic E-state index is -4.56. The lowest BCUT2D eigenvalue weighted by atomic mass is 10.0. The molecule has 0 fully saturated rings. The summed E-state index contributed by atoms with van der Waals surface area (Å²) in [6.07, 6.45) is -4.56. The first-order valence-corrected chi connectivity index (χ1v) is 9.83. The minimum absolute atomic E-state index is 0.0206. The zero-order chi connectivity index (χ0) is 23.8. The standard InChI is InChI=1S/C25H16F3N3O2/c1-15-5-9-17(10-6-15)21-22(30-19-4-2-3-18(13-19)25(26,27)28)24(33)31(23(21)32)20-11-7-16(14-29)8-12-20/h2-13,30H,1H3. The second-order valence-electron chi connectivity index (χ2n) is 7.42. The quantitative estimate of drug-likeness (QED) is 0.552. The van der Waals surface area contributed by atoms with Crippen LogP contribution in [-0.4, -0.2) is 11.8 Å². The minimum Gasteiger partial charge on any atom is -0.350 e. The molecule has 33 heavy (non-hydrogen) atoms. The summed E-state index contributed by atoms with van der Waals surface area (Å²) in [6, 6.07) is 19.1. The van der Waals surface area contributed by atoms with Gasteiger partial charge in [-0.05, 0) is 55.0 Å². The number of carbonyl (C=O) groups excluding carboxylic acids is 2. The Morgan fingerprint density at radius 1 is 0.909 bits per heavy atom. The van der Waals surface area contributed by atoms with Crippen LogP contribution >= 0.6 is 0 Å². The molecule has 1 aliphatic heterocycles. The maximum absolute atomic E-state index is 13.3. The highest BCUT2D eigenvalue weighted by Gasteiger charge is 2.40. The molecule has 0 radical (unpaired) electrons. The second kappa shape index (κ2) is 8.28. The first kappa shape index (κ1) is 21.8. The van der Waals surface area contributed by atoms with Crippen LogP contribution in [0, 0.1) is 18.3 Å². The highest BCUT2D eigenvalue weighted by atomic mass is 19.4. The smallest absolute Gasteiger partial charge is 0.350 e. The molecule has 0 unspecified atom stereocenters. The SMILES string of the molecule is Cc1ccc(C2=C(Nc3cccc(C(F)(F)F)c3)C(=O)N(c3ccc(C#N)cc3)C2=O)cc1. The van der Waals surface area contributed by atoms with E-state index in [1.807, 2.05) is 13.0 Å². The number of amides is 2. The van der Waals surface area contributed by atoms with Crippen molar-refractivity contribution in [1.29, 1.82) is 5.26 Å². The normalized spacial score (nSPS) is 14.0. The zero-order valence-corrected chi connectivity index (χ0v) is 17.3. The number of aryl methyl sites for hydroxylation is 1. The summed E-state index contributed by atoms with van der Waals surface area (Å²) in [5.41, 5.74) is 1.03. The van der Waals surface area contributed by atoms with Crippen LogP contribution < -0.4 is 10.2 Å².